The van der Waals surface area contributed by atoms with E-state index in [0.29, 0.717) is 5.78 Å². The molecule has 0 N–H and O–H groups in total. The average molecular weight is 244 g/mol. The number of carbonyl (C=O) groups is 1. The highest BCUT2D eigenvalue weighted by molar-refractivity contribution is 5.94. The Bertz CT molecular complexity index is 441. The fourth-order valence-corrected chi connectivity index (χ4v) is 2.64. The van der Waals surface area contributed by atoms with Crippen LogP contribution in [0.15, 0.2) is 24.3 Å². The van der Waals surface area contributed by atoms with Gasteiger partial charge in [-0.15, -0.1) is 0 Å². The maximum absolute atomic E-state index is 12.3. The molecule has 0 saturated heterocycles. The molecule has 1 aromatic carbocycles. The van der Waals surface area contributed by atoms with Crippen molar-refractivity contribution in [2.45, 2.75) is 58.3 Å². The van der Waals surface area contributed by atoms with E-state index >= 15 is 0 Å². The summed E-state index contributed by atoms with van der Waals surface area (Å²) in [5.41, 5.74) is 2.58. The van der Waals surface area contributed by atoms with Gasteiger partial charge in [-0.25, -0.2) is 0 Å². The van der Waals surface area contributed by atoms with Gasteiger partial charge >= 0.3 is 0 Å². The molecule has 1 aromatic rings. The number of carbonyl (C=O) groups excluding carboxylic acids is 1. The lowest BCUT2D eigenvalue weighted by molar-refractivity contribution is -0.124. The van der Waals surface area contributed by atoms with Crippen molar-refractivity contribution in [2.24, 2.45) is 5.92 Å². The molecule has 1 nitrogen and oxygen atoms in total. The van der Waals surface area contributed by atoms with Crippen molar-refractivity contribution in [3.8, 4) is 0 Å². The topological polar surface area (TPSA) is 17.1 Å². The van der Waals surface area contributed by atoms with Gasteiger partial charge in [0.15, 0.2) is 0 Å². The van der Waals surface area contributed by atoms with Crippen molar-refractivity contribution in [3.05, 3.63) is 35.4 Å². The predicted molar refractivity (Wildman–Crippen MR) is 75.9 cm³/mol. The Labute approximate surface area is 111 Å². The van der Waals surface area contributed by atoms with Crippen LogP contribution in [-0.2, 0) is 15.6 Å². The largest absolute Gasteiger partial charge is 0.298 e. The normalized spacial score (nSPS) is 17.9. The van der Waals surface area contributed by atoms with Gasteiger partial charge < -0.3 is 0 Å². The van der Waals surface area contributed by atoms with Gasteiger partial charge in [0.2, 0.25) is 0 Å². The van der Waals surface area contributed by atoms with Crippen LogP contribution in [0.5, 0.6) is 0 Å². The molecule has 0 heterocycles. The van der Waals surface area contributed by atoms with E-state index in [1.54, 1.807) is 0 Å². The molecule has 0 spiro atoms. The first-order valence-corrected chi connectivity index (χ1v) is 6.93. The van der Waals surface area contributed by atoms with Gasteiger partial charge in [0, 0.05) is 5.92 Å². The standard InChI is InChI=1S/C17H24O/c1-12(2)15(18)17(10-11-17)14-8-6-13(7-9-14)16(3,4)5/h6-9,12H,10-11H2,1-5H3. The van der Waals surface area contributed by atoms with Crippen LogP contribution < -0.4 is 0 Å². The molecule has 0 radical (unpaired) electrons. The van der Waals surface area contributed by atoms with E-state index in [1.165, 1.54) is 11.1 Å². The van der Waals surface area contributed by atoms with Crippen LogP contribution in [0.4, 0.5) is 0 Å². The first-order valence-electron chi connectivity index (χ1n) is 6.93. The molecule has 1 fully saturated rings. The zero-order valence-corrected chi connectivity index (χ0v) is 12.2. The van der Waals surface area contributed by atoms with Crippen LogP contribution in [0.1, 0.15) is 58.6 Å². The Hall–Kier alpha value is -1.11. The van der Waals surface area contributed by atoms with E-state index in [4.69, 9.17) is 0 Å². The Morgan fingerprint density at radius 2 is 1.61 bits per heavy atom. The van der Waals surface area contributed by atoms with Crippen LogP contribution in [0.25, 0.3) is 0 Å². The summed E-state index contributed by atoms with van der Waals surface area (Å²) in [5, 5.41) is 0. The minimum Gasteiger partial charge on any atom is -0.298 e. The van der Waals surface area contributed by atoms with Gasteiger partial charge in [-0.3, -0.25) is 4.79 Å². The molecule has 98 valence electrons. The van der Waals surface area contributed by atoms with E-state index in [2.05, 4.69) is 45.0 Å². The number of ketones is 1. The summed E-state index contributed by atoms with van der Waals surface area (Å²) in [4.78, 5) is 12.3. The average Bonchev–Trinajstić information content (AvgIpc) is 3.08. The SMILES string of the molecule is CC(C)C(=O)C1(c2ccc(C(C)(C)C)cc2)CC1. The Balaban J connectivity index is 2.28. The van der Waals surface area contributed by atoms with Gasteiger partial charge in [-0.2, -0.15) is 0 Å². The summed E-state index contributed by atoms with van der Waals surface area (Å²) in [5.74, 6) is 0.542. The molecule has 0 aromatic heterocycles. The van der Waals surface area contributed by atoms with Crippen LogP contribution in [-0.4, -0.2) is 5.78 Å². The second-order valence-electron chi connectivity index (χ2n) is 6.93. The van der Waals surface area contributed by atoms with Crippen molar-refractivity contribution in [1.29, 1.82) is 0 Å². The Kier molecular flexibility index (Phi) is 3.12. The van der Waals surface area contributed by atoms with E-state index in [1.807, 2.05) is 13.8 Å². The zero-order valence-electron chi connectivity index (χ0n) is 12.2. The number of hydrogen-bond donors (Lipinski definition) is 0. The minimum atomic E-state index is -0.148. The lowest BCUT2D eigenvalue weighted by atomic mass is 9.82. The smallest absolute Gasteiger partial charge is 0.145 e. The molecule has 2 rings (SSSR count). The van der Waals surface area contributed by atoms with Gasteiger partial charge in [-0.05, 0) is 29.4 Å². The first kappa shape index (κ1) is 13.3. The molecule has 1 aliphatic carbocycles. The predicted octanol–water partition coefficient (Wildman–Crippen LogP) is 4.24. The molecule has 1 aliphatic rings. The second kappa shape index (κ2) is 4.22. The first-order chi connectivity index (χ1) is 8.27. The van der Waals surface area contributed by atoms with Gasteiger partial charge in [0.1, 0.15) is 5.78 Å². The summed E-state index contributed by atoms with van der Waals surface area (Å²) in [6, 6.07) is 8.69. The Morgan fingerprint density at radius 3 is 1.94 bits per heavy atom. The molecule has 0 amide bonds. The lowest BCUT2D eigenvalue weighted by Crippen LogP contribution is -2.25. The molecule has 0 atom stereocenters. The minimum absolute atomic E-state index is 0.134. The molecule has 1 heteroatoms. The number of benzene rings is 1. The molecule has 0 unspecified atom stereocenters. The quantitative estimate of drug-likeness (QED) is 0.777. The van der Waals surface area contributed by atoms with E-state index in [9.17, 15) is 4.79 Å². The monoisotopic (exact) mass is 244 g/mol. The molecule has 0 aliphatic heterocycles. The van der Waals surface area contributed by atoms with E-state index < -0.39 is 0 Å². The fourth-order valence-electron chi connectivity index (χ4n) is 2.64. The molecular formula is C17H24O. The summed E-state index contributed by atoms with van der Waals surface area (Å²) in [6.45, 7) is 10.7. The van der Waals surface area contributed by atoms with Crippen molar-refractivity contribution in [1.82, 2.24) is 0 Å². The van der Waals surface area contributed by atoms with Crippen molar-refractivity contribution >= 4 is 5.78 Å². The van der Waals surface area contributed by atoms with Crippen LogP contribution in [0.3, 0.4) is 0 Å². The van der Waals surface area contributed by atoms with E-state index in [0.717, 1.165) is 12.8 Å². The summed E-state index contributed by atoms with van der Waals surface area (Å²) in [6.07, 6.45) is 2.05. The zero-order chi connectivity index (χ0) is 13.6. The highest BCUT2D eigenvalue weighted by Gasteiger charge is 2.51. The van der Waals surface area contributed by atoms with Crippen LogP contribution >= 0.6 is 0 Å². The van der Waals surface area contributed by atoms with Crippen molar-refractivity contribution in [2.75, 3.05) is 0 Å². The molecule has 0 bridgehead atoms. The highest BCUT2D eigenvalue weighted by Crippen LogP contribution is 2.50. The fraction of sp³-hybridized carbons (Fsp3) is 0.588. The lowest BCUT2D eigenvalue weighted by Gasteiger charge is -2.21. The maximum atomic E-state index is 12.3. The number of Topliss-reactive ketones (excluding diaryl/α,β-unsaturated/α-hetero) is 1. The van der Waals surface area contributed by atoms with Crippen molar-refractivity contribution in [3.63, 3.8) is 0 Å². The van der Waals surface area contributed by atoms with Gasteiger partial charge in [0.25, 0.3) is 0 Å². The molecule has 18 heavy (non-hydrogen) atoms. The van der Waals surface area contributed by atoms with Crippen LogP contribution in [0, 0.1) is 5.92 Å². The Morgan fingerprint density at radius 1 is 1.11 bits per heavy atom. The summed E-state index contributed by atoms with van der Waals surface area (Å²) >= 11 is 0. The maximum Gasteiger partial charge on any atom is 0.145 e. The third-order valence-corrected chi connectivity index (χ3v) is 4.05. The van der Waals surface area contributed by atoms with E-state index in [-0.39, 0.29) is 16.7 Å². The van der Waals surface area contributed by atoms with Crippen molar-refractivity contribution < 1.29 is 4.79 Å². The molecular weight excluding hydrogens is 220 g/mol. The molecule has 1 saturated carbocycles. The number of hydrogen-bond acceptors (Lipinski definition) is 1. The summed E-state index contributed by atoms with van der Waals surface area (Å²) < 4.78 is 0. The third kappa shape index (κ3) is 2.23. The summed E-state index contributed by atoms with van der Waals surface area (Å²) in [7, 11) is 0. The third-order valence-electron chi connectivity index (χ3n) is 4.05. The second-order valence-corrected chi connectivity index (χ2v) is 6.93. The number of rotatable bonds is 3. The van der Waals surface area contributed by atoms with Gasteiger partial charge in [-0.1, -0.05) is 58.9 Å². The highest BCUT2D eigenvalue weighted by atomic mass is 16.1. The van der Waals surface area contributed by atoms with Gasteiger partial charge in [0.05, 0.1) is 5.41 Å². The van der Waals surface area contributed by atoms with Crippen LogP contribution in [0.2, 0.25) is 0 Å².